The van der Waals surface area contributed by atoms with Gasteiger partial charge < -0.3 is 0 Å². The number of hydrogen-bond acceptors (Lipinski definition) is 1. The quantitative estimate of drug-likeness (QED) is 0.724. The van der Waals surface area contributed by atoms with Crippen molar-refractivity contribution in [3.8, 4) is 0 Å². The summed E-state index contributed by atoms with van der Waals surface area (Å²) in [6.45, 7) is 8.02. The monoisotopic (exact) mass is 223 g/mol. The van der Waals surface area contributed by atoms with Crippen LogP contribution in [0.1, 0.15) is 26.3 Å². The van der Waals surface area contributed by atoms with Gasteiger partial charge in [0.2, 0.25) is 0 Å². The van der Waals surface area contributed by atoms with Crippen molar-refractivity contribution < 1.29 is 4.21 Å². The smallest absolute Gasteiger partial charge is 0.172 e. The van der Waals surface area contributed by atoms with Crippen molar-refractivity contribution in [1.29, 1.82) is 0 Å². The van der Waals surface area contributed by atoms with Gasteiger partial charge in [-0.3, -0.25) is 0 Å². The molecular formula is C12H17NOS. The van der Waals surface area contributed by atoms with Crippen molar-refractivity contribution in [2.45, 2.75) is 32.6 Å². The van der Waals surface area contributed by atoms with Crippen molar-refractivity contribution in [1.82, 2.24) is 0 Å². The zero-order valence-electron chi connectivity index (χ0n) is 9.65. The minimum absolute atomic E-state index is 0.347. The zero-order chi connectivity index (χ0) is 11.4. The lowest BCUT2D eigenvalue weighted by atomic mass is 10.1. The zero-order valence-corrected chi connectivity index (χ0v) is 10.5. The fraction of sp³-hybridized carbons (Fsp3) is 0.417. The molecule has 0 N–H and O–H groups in total. The van der Waals surface area contributed by atoms with E-state index in [9.17, 15) is 4.21 Å². The molecule has 0 amide bonds. The van der Waals surface area contributed by atoms with Crippen molar-refractivity contribution in [2.24, 2.45) is 10.3 Å². The Bertz CT molecular complexity index is 379. The molecule has 0 saturated heterocycles. The summed E-state index contributed by atoms with van der Waals surface area (Å²) in [5.41, 5.74) is 2.09. The summed E-state index contributed by atoms with van der Waals surface area (Å²) in [5.74, 6) is 0.347. The molecule has 1 aromatic rings. The van der Waals surface area contributed by atoms with Gasteiger partial charge in [0.15, 0.2) is 11.0 Å². The second-order valence-corrected chi connectivity index (χ2v) is 5.10. The second kappa shape index (κ2) is 5.21. The van der Waals surface area contributed by atoms with E-state index >= 15 is 0 Å². The van der Waals surface area contributed by atoms with E-state index < -0.39 is 11.0 Å². The van der Waals surface area contributed by atoms with Gasteiger partial charge in [-0.05, 0) is 31.9 Å². The Kier molecular flexibility index (Phi) is 4.21. The summed E-state index contributed by atoms with van der Waals surface area (Å²) in [6, 6.07) is 7.63. The third kappa shape index (κ3) is 3.59. The average Bonchev–Trinajstić information content (AvgIpc) is 2.18. The van der Waals surface area contributed by atoms with Gasteiger partial charge in [-0.25, -0.2) is 4.21 Å². The molecule has 1 rings (SSSR count). The highest BCUT2D eigenvalue weighted by atomic mass is 32.2. The maximum Gasteiger partial charge on any atom is 0.172 e. The third-order valence-corrected chi connectivity index (χ3v) is 3.41. The van der Waals surface area contributed by atoms with Crippen molar-refractivity contribution in [2.75, 3.05) is 0 Å². The van der Waals surface area contributed by atoms with E-state index in [-0.39, 0.29) is 0 Å². The van der Waals surface area contributed by atoms with Crippen LogP contribution >= 0.6 is 0 Å². The van der Waals surface area contributed by atoms with Gasteiger partial charge in [-0.15, -0.1) is 0 Å². The van der Waals surface area contributed by atoms with Crippen LogP contribution in [0.15, 0.2) is 33.6 Å². The molecule has 0 fully saturated rings. The molecule has 1 aromatic carbocycles. The number of hydrogen-bond donors (Lipinski definition) is 0. The van der Waals surface area contributed by atoms with Gasteiger partial charge in [-0.1, -0.05) is 31.5 Å². The number of rotatable bonds is 3. The van der Waals surface area contributed by atoms with Crippen LogP contribution in [0.4, 0.5) is 0 Å². The van der Waals surface area contributed by atoms with Crippen molar-refractivity contribution >= 4 is 16.7 Å². The van der Waals surface area contributed by atoms with Gasteiger partial charge in [0.05, 0.1) is 4.90 Å². The fourth-order valence-corrected chi connectivity index (χ4v) is 1.89. The Morgan fingerprint density at radius 2 is 1.80 bits per heavy atom. The van der Waals surface area contributed by atoms with E-state index in [0.29, 0.717) is 5.92 Å². The third-order valence-electron chi connectivity index (χ3n) is 2.29. The van der Waals surface area contributed by atoms with Crippen molar-refractivity contribution in [3.63, 3.8) is 0 Å². The van der Waals surface area contributed by atoms with Crippen LogP contribution in [-0.2, 0) is 11.0 Å². The lowest BCUT2D eigenvalue weighted by Crippen LogP contribution is -2.03. The van der Waals surface area contributed by atoms with E-state index in [4.69, 9.17) is 0 Å². The largest absolute Gasteiger partial charge is 0.229 e. The van der Waals surface area contributed by atoms with E-state index in [0.717, 1.165) is 10.6 Å². The van der Waals surface area contributed by atoms with E-state index in [2.05, 4.69) is 4.40 Å². The molecule has 2 nitrogen and oxygen atoms in total. The Morgan fingerprint density at radius 1 is 1.27 bits per heavy atom. The predicted molar refractivity (Wildman–Crippen MR) is 65.5 cm³/mol. The SMILES string of the molecule is C/C(=N\S(=O)c1ccc(C)cc1)C(C)C. The highest BCUT2D eigenvalue weighted by Crippen LogP contribution is 2.10. The van der Waals surface area contributed by atoms with Crippen LogP contribution in [0.2, 0.25) is 0 Å². The normalized spacial score (nSPS) is 14.3. The average molecular weight is 223 g/mol. The van der Waals surface area contributed by atoms with E-state index in [1.54, 1.807) is 0 Å². The van der Waals surface area contributed by atoms with Gasteiger partial charge >= 0.3 is 0 Å². The Hall–Kier alpha value is -0.960. The van der Waals surface area contributed by atoms with Gasteiger partial charge in [0.1, 0.15) is 0 Å². The first-order valence-electron chi connectivity index (χ1n) is 5.04. The first kappa shape index (κ1) is 12.1. The summed E-state index contributed by atoms with van der Waals surface area (Å²) in [6.07, 6.45) is 0. The summed E-state index contributed by atoms with van der Waals surface area (Å²) >= 11 is 0. The highest BCUT2D eigenvalue weighted by Gasteiger charge is 2.04. The van der Waals surface area contributed by atoms with Gasteiger partial charge in [-0.2, -0.15) is 4.40 Å². The van der Waals surface area contributed by atoms with Crippen LogP contribution in [0.3, 0.4) is 0 Å². The molecule has 1 atom stereocenters. The molecule has 3 heteroatoms. The van der Waals surface area contributed by atoms with Crippen LogP contribution in [-0.4, -0.2) is 9.92 Å². The topological polar surface area (TPSA) is 29.4 Å². The Morgan fingerprint density at radius 3 is 2.27 bits per heavy atom. The summed E-state index contributed by atoms with van der Waals surface area (Å²) < 4.78 is 16.0. The lowest BCUT2D eigenvalue weighted by Gasteiger charge is -2.03. The summed E-state index contributed by atoms with van der Waals surface area (Å²) in [5, 5.41) is 0. The first-order chi connectivity index (χ1) is 7.00. The van der Waals surface area contributed by atoms with Gasteiger partial charge in [0, 0.05) is 5.71 Å². The molecule has 0 saturated carbocycles. The molecule has 15 heavy (non-hydrogen) atoms. The molecule has 0 heterocycles. The van der Waals surface area contributed by atoms with Crippen molar-refractivity contribution in [3.05, 3.63) is 29.8 Å². The molecule has 0 radical (unpaired) electrons. The molecule has 82 valence electrons. The van der Waals surface area contributed by atoms with Crippen LogP contribution in [0.5, 0.6) is 0 Å². The minimum atomic E-state index is -1.25. The minimum Gasteiger partial charge on any atom is -0.229 e. The Labute approximate surface area is 94.0 Å². The molecular weight excluding hydrogens is 206 g/mol. The van der Waals surface area contributed by atoms with Crippen LogP contribution < -0.4 is 0 Å². The maximum atomic E-state index is 11.8. The molecule has 0 aliphatic carbocycles. The highest BCUT2D eigenvalue weighted by molar-refractivity contribution is 7.83. The van der Waals surface area contributed by atoms with E-state index in [1.807, 2.05) is 52.0 Å². The van der Waals surface area contributed by atoms with E-state index in [1.165, 1.54) is 5.56 Å². The molecule has 1 unspecified atom stereocenters. The second-order valence-electron chi connectivity index (χ2n) is 3.95. The number of aryl methyl sites for hydroxylation is 1. The summed E-state index contributed by atoms with van der Waals surface area (Å²) in [7, 11) is -1.25. The molecule has 0 aliphatic heterocycles. The predicted octanol–water partition coefficient (Wildman–Crippen LogP) is 3.13. The van der Waals surface area contributed by atoms with Crippen LogP contribution in [0.25, 0.3) is 0 Å². The molecule has 0 aromatic heterocycles. The van der Waals surface area contributed by atoms with Gasteiger partial charge in [0.25, 0.3) is 0 Å². The Balaban J connectivity index is 2.86. The molecule has 0 spiro atoms. The number of benzene rings is 1. The standard InChI is InChI=1S/C12H17NOS/c1-9(2)11(4)13-15(14)12-7-5-10(3)6-8-12/h5-9H,1-4H3/b13-11+. The van der Waals surface area contributed by atoms with Crippen LogP contribution in [0, 0.1) is 12.8 Å². The summed E-state index contributed by atoms with van der Waals surface area (Å²) in [4.78, 5) is 0.764. The molecule has 0 bridgehead atoms. The number of nitrogens with zero attached hydrogens (tertiary/aromatic N) is 1. The fourth-order valence-electron chi connectivity index (χ4n) is 0.944. The molecule has 0 aliphatic rings. The first-order valence-corrected chi connectivity index (χ1v) is 6.15. The maximum absolute atomic E-state index is 11.8. The lowest BCUT2D eigenvalue weighted by molar-refractivity contribution is 0.684.